The van der Waals surface area contributed by atoms with Crippen LogP contribution in [-0.4, -0.2) is 17.6 Å². The van der Waals surface area contributed by atoms with Crippen molar-refractivity contribution < 1.29 is 0 Å². The Balaban J connectivity index is 1.85. The van der Waals surface area contributed by atoms with E-state index in [2.05, 4.69) is 16.0 Å². The van der Waals surface area contributed by atoms with Gasteiger partial charge < -0.3 is 10.6 Å². The van der Waals surface area contributed by atoms with Crippen molar-refractivity contribution in [2.75, 3.05) is 17.2 Å². The van der Waals surface area contributed by atoms with Crippen molar-refractivity contribution in [2.24, 2.45) is 5.92 Å². The van der Waals surface area contributed by atoms with Gasteiger partial charge >= 0.3 is 0 Å². The van der Waals surface area contributed by atoms with Crippen molar-refractivity contribution in [2.45, 2.75) is 44.6 Å². The van der Waals surface area contributed by atoms with Gasteiger partial charge in [-0.25, -0.2) is 4.98 Å². The van der Waals surface area contributed by atoms with E-state index in [1.165, 1.54) is 50.8 Å². The predicted octanol–water partition coefficient (Wildman–Crippen LogP) is 2.82. The molecule has 2 aliphatic rings. The van der Waals surface area contributed by atoms with Gasteiger partial charge in [-0.1, -0.05) is 12.8 Å². The van der Waals surface area contributed by atoms with Crippen molar-refractivity contribution in [3.63, 3.8) is 0 Å². The van der Waals surface area contributed by atoms with E-state index in [1.807, 2.05) is 12.3 Å². The molecular formula is C14H21N3. The van der Waals surface area contributed by atoms with Gasteiger partial charge in [0.1, 0.15) is 5.82 Å². The minimum Gasteiger partial charge on any atom is -0.384 e. The number of nitrogens with zero attached hydrogens (tertiary/aromatic N) is 2. The number of hydrogen-bond donors (Lipinski definition) is 1. The van der Waals surface area contributed by atoms with Crippen LogP contribution in [0.2, 0.25) is 0 Å². The maximum absolute atomic E-state index is 5.80. The molecule has 1 aromatic rings. The summed E-state index contributed by atoms with van der Waals surface area (Å²) in [6, 6.07) is 4.88. The SMILES string of the molecule is Nc1cc(N2CCCC3CCCCC32)ccn1. The molecule has 0 aromatic carbocycles. The summed E-state index contributed by atoms with van der Waals surface area (Å²) in [5, 5.41) is 0. The highest BCUT2D eigenvalue weighted by Crippen LogP contribution is 2.37. The zero-order valence-corrected chi connectivity index (χ0v) is 10.3. The number of nitrogens with two attached hydrogens (primary N) is 1. The molecule has 2 heterocycles. The second-order valence-corrected chi connectivity index (χ2v) is 5.39. The average molecular weight is 231 g/mol. The van der Waals surface area contributed by atoms with E-state index in [4.69, 9.17) is 5.73 Å². The number of piperidine rings is 1. The fourth-order valence-corrected chi connectivity index (χ4v) is 3.56. The molecule has 92 valence electrons. The van der Waals surface area contributed by atoms with Gasteiger partial charge in [0.2, 0.25) is 0 Å². The Kier molecular flexibility index (Phi) is 2.91. The van der Waals surface area contributed by atoms with Gasteiger partial charge in [0.15, 0.2) is 0 Å². The van der Waals surface area contributed by atoms with Crippen molar-refractivity contribution in [1.82, 2.24) is 4.98 Å². The molecule has 3 heteroatoms. The Morgan fingerprint density at radius 1 is 1.18 bits per heavy atom. The van der Waals surface area contributed by atoms with Gasteiger partial charge in [-0.05, 0) is 37.7 Å². The largest absolute Gasteiger partial charge is 0.384 e. The molecule has 0 spiro atoms. The van der Waals surface area contributed by atoms with Crippen LogP contribution in [0.15, 0.2) is 18.3 Å². The van der Waals surface area contributed by atoms with Crippen molar-refractivity contribution in [1.29, 1.82) is 0 Å². The van der Waals surface area contributed by atoms with E-state index in [0.717, 1.165) is 12.0 Å². The van der Waals surface area contributed by atoms with Gasteiger partial charge in [0, 0.05) is 30.5 Å². The maximum atomic E-state index is 5.80. The van der Waals surface area contributed by atoms with Crippen LogP contribution in [0.5, 0.6) is 0 Å². The molecule has 2 unspecified atom stereocenters. The third-order valence-corrected chi connectivity index (χ3v) is 4.34. The molecule has 1 aliphatic heterocycles. The average Bonchev–Trinajstić information content (AvgIpc) is 2.38. The van der Waals surface area contributed by atoms with E-state index in [9.17, 15) is 0 Å². The number of fused-ring (bicyclic) bond motifs is 1. The Morgan fingerprint density at radius 2 is 2.00 bits per heavy atom. The van der Waals surface area contributed by atoms with Crippen LogP contribution >= 0.6 is 0 Å². The summed E-state index contributed by atoms with van der Waals surface area (Å²) in [4.78, 5) is 6.66. The molecule has 0 radical (unpaired) electrons. The van der Waals surface area contributed by atoms with Crippen LogP contribution in [0, 0.1) is 5.92 Å². The Labute approximate surface area is 103 Å². The second kappa shape index (κ2) is 4.55. The molecule has 2 N–H and O–H groups in total. The van der Waals surface area contributed by atoms with Crippen LogP contribution in [0.25, 0.3) is 0 Å². The van der Waals surface area contributed by atoms with Crippen molar-refractivity contribution in [3.8, 4) is 0 Å². The molecule has 1 aromatic heterocycles. The van der Waals surface area contributed by atoms with Crippen molar-refractivity contribution >= 4 is 11.5 Å². The molecule has 1 saturated carbocycles. The van der Waals surface area contributed by atoms with Crippen LogP contribution in [-0.2, 0) is 0 Å². The topological polar surface area (TPSA) is 42.1 Å². The summed E-state index contributed by atoms with van der Waals surface area (Å²) in [5.41, 5.74) is 7.07. The second-order valence-electron chi connectivity index (χ2n) is 5.39. The van der Waals surface area contributed by atoms with Crippen LogP contribution in [0.4, 0.5) is 11.5 Å². The Bertz CT molecular complexity index is 389. The lowest BCUT2D eigenvalue weighted by Gasteiger charge is -2.45. The van der Waals surface area contributed by atoms with Gasteiger partial charge in [0.25, 0.3) is 0 Å². The molecule has 3 nitrogen and oxygen atoms in total. The number of pyridine rings is 1. The molecule has 3 rings (SSSR count). The normalized spacial score (nSPS) is 28.8. The predicted molar refractivity (Wildman–Crippen MR) is 71.0 cm³/mol. The lowest BCUT2D eigenvalue weighted by Crippen LogP contribution is -2.46. The van der Waals surface area contributed by atoms with Gasteiger partial charge in [-0.2, -0.15) is 0 Å². The molecule has 0 amide bonds. The highest BCUT2D eigenvalue weighted by atomic mass is 15.2. The lowest BCUT2D eigenvalue weighted by molar-refractivity contribution is 0.244. The third-order valence-electron chi connectivity index (χ3n) is 4.34. The third kappa shape index (κ3) is 2.11. The van der Waals surface area contributed by atoms with E-state index >= 15 is 0 Å². The quantitative estimate of drug-likeness (QED) is 0.808. The lowest BCUT2D eigenvalue weighted by atomic mass is 9.78. The van der Waals surface area contributed by atoms with E-state index in [0.29, 0.717) is 5.82 Å². The number of hydrogen-bond acceptors (Lipinski definition) is 3. The number of nitrogen functional groups attached to an aromatic ring is 1. The van der Waals surface area contributed by atoms with Gasteiger partial charge in [-0.3, -0.25) is 0 Å². The summed E-state index contributed by atoms with van der Waals surface area (Å²) in [6.45, 7) is 1.19. The van der Waals surface area contributed by atoms with Crippen LogP contribution in [0.1, 0.15) is 38.5 Å². The fourth-order valence-electron chi connectivity index (χ4n) is 3.56. The Morgan fingerprint density at radius 3 is 2.88 bits per heavy atom. The molecule has 2 fully saturated rings. The zero-order valence-electron chi connectivity index (χ0n) is 10.3. The molecule has 1 saturated heterocycles. The molecule has 0 bridgehead atoms. The molecule has 1 aliphatic carbocycles. The molecule has 2 atom stereocenters. The summed E-state index contributed by atoms with van der Waals surface area (Å²) < 4.78 is 0. The Hall–Kier alpha value is -1.25. The first kappa shape index (κ1) is 10.9. The summed E-state index contributed by atoms with van der Waals surface area (Å²) in [5.74, 6) is 1.55. The zero-order chi connectivity index (χ0) is 11.7. The fraction of sp³-hybridized carbons (Fsp3) is 0.643. The van der Waals surface area contributed by atoms with Crippen molar-refractivity contribution in [3.05, 3.63) is 18.3 Å². The van der Waals surface area contributed by atoms with Gasteiger partial charge in [0.05, 0.1) is 0 Å². The maximum Gasteiger partial charge on any atom is 0.125 e. The first-order valence-corrected chi connectivity index (χ1v) is 6.83. The first-order chi connectivity index (χ1) is 8.34. The minimum atomic E-state index is 0.639. The standard InChI is InChI=1S/C14H21N3/c15-14-10-12(7-8-16-14)17-9-3-5-11-4-1-2-6-13(11)17/h7-8,10-11,13H,1-6,9H2,(H2,15,16). The summed E-state index contributed by atoms with van der Waals surface area (Å²) in [7, 11) is 0. The molecular weight excluding hydrogens is 210 g/mol. The number of rotatable bonds is 1. The highest BCUT2D eigenvalue weighted by Gasteiger charge is 2.33. The highest BCUT2D eigenvalue weighted by molar-refractivity contribution is 5.53. The minimum absolute atomic E-state index is 0.639. The van der Waals surface area contributed by atoms with Gasteiger partial charge in [-0.15, -0.1) is 0 Å². The summed E-state index contributed by atoms with van der Waals surface area (Å²) >= 11 is 0. The van der Waals surface area contributed by atoms with E-state index in [-0.39, 0.29) is 0 Å². The van der Waals surface area contributed by atoms with Crippen LogP contribution < -0.4 is 10.6 Å². The van der Waals surface area contributed by atoms with Crippen LogP contribution in [0.3, 0.4) is 0 Å². The monoisotopic (exact) mass is 231 g/mol. The smallest absolute Gasteiger partial charge is 0.125 e. The first-order valence-electron chi connectivity index (χ1n) is 6.83. The molecule has 17 heavy (non-hydrogen) atoms. The number of anilines is 2. The van der Waals surface area contributed by atoms with E-state index in [1.54, 1.807) is 0 Å². The van der Waals surface area contributed by atoms with E-state index < -0.39 is 0 Å². The number of aromatic nitrogens is 1. The summed E-state index contributed by atoms with van der Waals surface area (Å²) in [6.07, 6.45) is 10.2.